The number of nitrogens with zero attached hydrogens (tertiary/aromatic N) is 3. The largest absolute Gasteiger partial charge is 0.433 e. The molecule has 162 valence electrons. The van der Waals surface area contributed by atoms with E-state index in [1.807, 2.05) is 0 Å². The van der Waals surface area contributed by atoms with Crippen LogP contribution in [-0.2, 0) is 6.18 Å². The van der Waals surface area contributed by atoms with Crippen LogP contribution in [0.15, 0.2) is 42.6 Å². The zero-order valence-corrected chi connectivity index (χ0v) is 16.6. The molecule has 2 unspecified atom stereocenters. The minimum Gasteiger partial charge on any atom is -0.382 e. The number of anilines is 1. The lowest BCUT2D eigenvalue weighted by Crippen LogP contribution is -2.61. The molecule has 2 atom stereocenters. The maximum Gasteiger partial charge on any atom is 0.433 e. The van der Waals surface area contributed by atoms with Crippen LogP contribution in [0.1, 0.15) is 17.3 Å². The van der Waals surface area contributed by atoms with Crippen molar-refractivity contribution in [1.82, 2.24) is 14.9 Å². The van der Waals surface area contributed by atoms with Crippen molar-refractivity contribution in [1.29, 1.82) is 0 Å². The highest BCUT2D eigenvalue weighted by Crippen LogP contribution is 2.36. The molecular formula is C20H16ClF4N5O. The lowest BCUT2D eigenvalue weighted by atomic mass is 9.85. The van der Waals surface area contributed by atoms with Crippen LogP contribution in [0.4, 0.5) is 28.0 Å². The predicted molar refractivity (Wildman–Crippen MR) is 107 cm³/mol. The molecular weight excluding hydrogens is 438 g/mol. The van der Waals surface area contributed by atoms with Gasteiger partial charge in [-0.15, -0.1) is 0 Å². The molecule has 6 nitrogen and oxygen atoms in total. The summed E-state index contributed by atoms with van der Waals surface area (Å²) in [6, 6.07) is 6.90. The Morgan fingerprint density at radius 2 is 2.03 bits per heavy atom. The fourth-order valence-electron chi connectivity index (χ4n) is 3.66. The van der Waals surface area contributed by atoms with Gasteiger partial charge < -0.3 is 16.0 Å². The van der Waals surface area contributed by atoms with Crippen molar-refractivity contribution in [2.75, 3.05) is 18.4 Å². The first kappa shape index (κ1) is 21.1. The summed E-state index contributed by atoms with van der Waals surface area (Å²) in [5.41, 5.74) is 5.21. The van der Waals surface area contributed by atoms with Gasteiger partial charge in [-0.2, -0.15) is 13.2 Å². The highest BCUT2D eigenvalue weighted by molar-refractivity contribution is 6.31. The summed E-state index contributed by atoms with van der Waals surface area (Å²) in [6.45, 7) is 0.368. The van der Waals surface area contributed by atoms with E-state index in [0.29, 0.717) is 16.1 Å². The van der Waals surface area contributed by atoms with Crippen LogP contribution in [0.5, 0.6) is 0 Å². The zero-order valence-electron chi connectivity index (χ0n) is 15.8. The molecule has 1 aliphatic heterocycles. The van der Waals surface area contributed by atoms with Gasteiger partial charge in [0.1, 0.15) is 11.5 Å². The van der Waals surface area contributed by atoms with Crippen molar-refractivity contribution in [3.8, 4) is 0 Å². The molecule has 4 rings (SSSR count). The maximum atomic E-state index is 13.3. The fraction of sp³-hybridized carbons (Fsp3) is 0.250. The molecule has 2 aromatic heterocycles. The van der Waals surface area contributed by atoms with Crippen molar-refractivity contribution in [2.45, 2.75) is 18.1 Å². The number of fused-ring (bicyclic) bond motifs is 1. The third kappa shape index (κ3) is 4.20. The number of hydrogen-bond donors (Lipinski definition) is 2. The minimum atomic E-state index is -4.64. The van der Waals surface area contributed by atoms with Crippen LogP contribution in [0, 0.1) is 5.82 Å². The van der Waals surface area contributed by atoms with Gasteiger partial charge in [0.15, 0.2) is 0 Å². The third-order valence-electron chi connectivity index (χ3n) is 5.23. The topological polar surface area (TPSA) is 84.1 Å². The number of hydrogen-bond acceptors (Lipinski definition) is 4. The Hall–Kier alpha value is -3.14. The van der Waals surface area contributed by atoms with Gasteiger partial charge in [0.2, 0.25) is 0 Å². The number of nitrogens with two attached hydrogens (primary N) is 1. The Balaban J connectivity index is 1.65. The monoisotopic (exact) mass is 453 g/mol. The van der Waals surface area contributed by atoms with Gasteiger partial charge in [-0.05, 0) is 36.4 Å². The summed E-state index contributed by atoms with van der Waals surface area (Å²) in [7, 11) is 0. The van der Waals surface area contributed by atoms with E-state index in [4.69, 9.17) is 17.3 Å². The number of nitrogens with one attached hydrogen (secondary N) is 1. The normalized spacial score (nSPS) is 18.7. The number of carbonyl (C=O) groups excluding carboxylic acids is 1. The third-order valence-corrected chi connectivity index (χ3v) is 5.47. The second-order valence-corrected chi connectivity index (χ2v) is 7.60. The lowest BCUT2D eigenvalue weighted by molar-refractivity contribution is -0.140. The first-order chi connectivity index (χ1) is 14.6. The molecule has 3 N–H and O–H groups in total. The number of halogens is 5. The van der Waals surface area contributed by atoms with Crippen LogP contribution < -0.4 is 11.1 Å². The average Bonchev–Trinajstić information content (AvgIpc) is 2.67. The van der Waals surface area contributed by atoms with Gasteiger partial charge in [-0.1, -0.05) is 11.6 Å². The lowest BCUT2D eigenvalue weighted by Gasteiger charge is -2.47. The summed E-state index contributed by atoms with van der Waals surface area (Å²) in [4.78, 5) is 20.8. The molecule has 1 saturated heterocycles. The number of benzene rings is 1. The first-order valence-corrected chi connectivity index (χ1v) is 9.60. The van der Waals surface area contributed by atoms with E-state index in [9.17, 15) is 22.4 Å². The van der Waals surface area contributed by atoms with E-state index in [-0.39, 0.29) is 30.2 Å². The van der Waals surface area contributed by atoms with E-state index in [0.717, 1.165) is 12.3 Å². The Kier molecular flexibility index (Phi) is 5.34. The van der Waals surface area contributed by atoms with E-state index in [1.165, 1.54) is 35.2 Å². The molecule has 31 heavy (non-hydrogen) atoms. The van der Waals surface area contributed by atoms with Crippen molar-refractivity contribution in [3.63, 3.8) is 0 Å². The molecule has 2 amide bonds. The molecule has 0 radical (unpaired) electrons. The van der Waals surface area contributed by atoms with E-state index in [1.54, 1.807) is 0 Å². The Morgan fingerprint density at radius 3 is 2.68 bits per heavy atom. The molecule has 1 aliphatic rings. The molecule has 3 heterocycles. The number of aromatic nitrogens is 2. The molecule has 0 aliphatic carbocycles. The second-order valence-electron chi connectivity index (χ2n) is 7.16. The van der Waals surface area contributed by atoms with Crippen LogP contribution in [0.2, 0.25) is 5.02 Å². The SMILES string of the molecule is NC(=O)N1CC(c2ccc(F)cn2)C1CNc1cc(C(F)(F)F)nc2ccc(Cl)cc12. The van der Waals surface area contributed by atoms with Gasteiger partial charge in [0.25, 0.3) is 0 Å². The molecule has 0 saturated carbocycles. The summed E-state index contributed by atoms with van der Waals surface area (Å²) in [6.07, 6.45) is -3.57. The number of amides is 2. The van der Waals surface area contributed by atoms with Gasteiger partial charge in [0, 0.05) is 40.8 Å². The number of rotatable bonds is 4. The highest BCUT2D eigenvalue weighted by Gasteiger charge is 2.42. The van der Waals surface area contributed by atoms with E-state index >= 15 is 0 Å². The van der Waals surface area contributed by atoms with Crippen molar-refractivity contribution in [2.24, 2.45) is 5.73 Å². The standard InChI is InChI=1S/C20H16ClF4N5O/c21-10-1-3-15-12(5-10)16(6-18(29-15)20(23,24)25)28-8-17-13(9-30(17)19(26)31)14-4-2-11(22)7-27-14/h1-7,13,17H,8-9H2,(H2,26,31)(H,28,29). The summed E-state index contributed by atoms with van der Waals surface area (Å²) < 4.78 is 53.1. The van der Waals surface area contributed by atoms with Crippen molar-refractivity contribution >= 4 is 34.2 Å². The Morgan fingerprint density at radius 1 is 1.26 bits per heavy atom. The highest BCUT2D eigenvalue weighted by atomic mass is 35.5. The Bertz CT molecular complexity index is 1140. The fourth-order valence-corrected chi connectivity index (χ4v) is 3.83. The van der Waals surface area contributed by atoms with Gasteiger partial charge in [0.05, 0.1) is 17.8 Å². The number of pyridine rings is 2. The van der Waals surface area contributed by atoms with Gasteiger partial charge >= 0.3 is 12.2 Å². The van der Waals surface area contributed by atoms with Crippen LogP contribution in [0.3, 0.4) is 0 Å². The Labute approximate surface area is 179 Å². The van der Waals surface area contributed by atoms with Gasteiger partial charge in [-0.3, -0.25) is 4.98 Å². The van der Waals surface area contributed by atoms with Crippen molar-refractivity contribution < 1.29 is 22.4 Å². The molecule has 3 aromatic rings. The molecule has 1 aromatic carbocycles. The number of urea groups is 1. The summed E-state index contributed by atoms with van der Waals surface area (Å²) in [5, 5.41) is 3.72. The first-order valence-electron chi connectivity index (χ1n) is 9.22. The number of likely N-dealkylation sites (tertiary alicyclic amines) is 1. The summed E-state index contributed by atoms with van der Waals surface area (Å²) >= 11 is 6.02. The second kappa shape index (κ2) is 7.84. The van der Waals surface area contributed by atoms with Crippen LogP contribution >= 0.6 is 11.6 Å². The van der Waals surface area contributed by atoms with Crippen LogP contribution in [0.25, 0.3) is 10.9 Å². The molecule has 11 heteroatoms. The molecule has 1 fully saturated rings. The van der Waals surface area contributed by atoms with E-state index in [2.05, 4.69) is 15.3 Å². The number of primary amides is 1. The van der Waals surface area contributed by atoms with Crippen molar-refractivity contribution in [3.05, 3.63) is 64.8 Å². The quantitative estimate of drug-likeness (QED) is 0.573. The predicted octanol–water partition coefficient (Wildman–Crippen LogP) is 4.40. The maximum absolute atomic E-state index is 13.3. The smallest absolute Gasteiger partial charge is 0.382 e. The molecule has 0 bridgehead atoms. The number of alkyl halides is 3. The van der Waals surface area contributed by atoms with E-state index < -0.39 is 29.8 Å². The average molecular weight is 454 g/mol. The summed E-state index contributed by atoms with van der Waals surface area (Å²) in [5.74, 6) is -0.747. The molecule has 0 spiro atoms. The van der Waals surface area contributed by atoms with Crippen LogP contribution in [-0.4, -0.2) is 40.0 Å². The van der Waals surface area contributed by atoms with Gasteiger partial charge in [-0.25, -0.2) is 14.2 Å². The zero-order chi connectivity index (χ0) is 22.3. The number of carbonyl (C=O) groups is 1. The minimum absolute atomic E-state index is 0.0928.